The summed E-state index contributed by atoms with van der Waals surface area (Å²) in [4.78, 5) is 10.8. The highest BCUT2D eigenvalue weighted by Gasteiger charge is 2.07. The van der Waals surface area contributed by atoms with Gasteiger partial charge in [0, 0.05) is 4.47 Å². The van der Waals surface area contributed by atoms with Crippen LogP contribution in [0.15, 0.2) is 34.5 Å². The monoisotopic (exact) mass is 270 g/mol. The predicted octanol–water partition coefficient (Wildman–Crippen LogP) is 2.91. The van der Waals surface area contributed by atoms with Crippen LogP contribution >= 0.6 is 15.9 Å². The topological polar surface area (TPSA) is 46.5 Å². The minimum Gasteiger partial charge on any atom is -0.487 e. The first kappa shape index (κ1) is 11.8. The predicted molar refractivity (Wildman–Crippen MR) is 61.4 cm³/mol. The zero-order chi connectivity index (χ0) is 11.3. The molecule has 0 radical (unpaired) electrons. The Balaban J connectivity index is 2.91. The van der Waals surface area contributed by atoms with Gasteiger partial charge in [-0.1, -0.05) is 28.1 Å². The standard InChI is InChI=1S/C11H11BrO3/c1-2-15-10(11(13)14)7-8-3-5-9(12)6-4-8/h3-7H,2H2,1H3,(H,13,14). The van der Waals surface area contributed by atoms with E-state index >= 15 is 0 Å². The molecule has 1 aromatic rings. The van der Waals surface area contributed by atoms with Gasteiger partial charge in [-0.05, 0) is 30.7 Å². The number of rotatable bonds is 4. The fourth-order valence-electron chi connectivity index (χ4n) is 1.03. The molecule has 4 heteroatoms. The number of ether oxygens (including phenoxy) is 1. The molecule has 0 aromatic heterocycles. The Hall–Kier alpha value is -1.29. The molecule has 1 aromatic carbocycles. The van der Waals surface area contributed by atoms with Crippen LogP contribution in [0.5, 0.6) is 0 Å². The molecule has 0 amide bonds. The summed E-state index contributed by atoms with van der Waals surface area (Å²) in [5.74, 6) is -1.10. The van der Waals surface area contributed by atoms with Gasteiger partial charge in [0.2, 0.25) is 5.76 Å². The molecular formula is C11H11BrO3. The maximum Gasteiger partial charge on any atom is 0.371 e. The molecule has 15 heavy (non-hydrogen) atoms. The Kier molecular flexibility index (Phi) is 4.37. The van der Waals surface area contributed by atoms with Gasteiger partial charge in [-0.2, -0.15) is 0 Å². The summed E-state index contributed by atoms with van der Waals surface area (Å²) in [6, 6.07) is 7.31. The second kappa shape index (κ2) is 5.56. The lowest BCUT2D eigenvalue weighted by atomic mass is 10.2. The molecule has 0 aliphatic carbocycles. The minimum atomic E-state index is -1.06. The Labute approximate surface area is 96.5 Å². The molecule has 3 nitrogen and oxygen atoms in total. The fourth-order valence-corrected chi connectivity index (χ4v) is 1.30. The SMILES string of the molecule is CCOC(=Cc1ccc(Br)cc1)C(=O)O. The van der Waals surface area contributed by atoms with Gasteiger partial charge >= 0.3 is 5.97 Å². The van der Waals surface area contributed by atoms with Crippen molar-refractivity contribution in [2.75, 3.05) is 6.61 Å². The highest BCUT2D eigenvalue weighted by atomic mass is 79.9. The molecular weight excluding hydrogens is 260 g/mol. The van der Waals surface area contributed by atoms with E-state index in [-0.39, 0.29) is 5.76 Å². The van der Waals surface area contributed by atoms with E-state index in [0.717, 1.165) is 10.0 Å². The van der Waals surface area contributed by atoms with E-state index in [0.29, 0.717) is 6.61 Å². The van der Waals surface area contributed by atoms with Crippen LogP contribution in [0.25, 0.3) is 6.08 Å². The highest BCUT2D eigenvalue weighted by Crippen LogP contribution is 2.13. The summed E-state index contributed by atoms with van der Waals surface area (Å²) in [6.45, 7) is 2.09. The van der Waals surface area contributed by atoms with Crippen molar-refractivity contribution < 1.29 is 14.6 Å². The van der Waals surface area contributed by atoms with Crippen molar-refractivity contribution >= 4 is 28.0 Å². The Morgan fingerprint density at radius 3 is 2.53 bits per heavy atom. The van der Waals surface area contributed by atoms with Gasteiger partial charge in [0.05, 0.1) is 6.61 Å². The van der Waals surface area contributed by atoms with E-state index in [1.165, 1.54) is 6.08 Å². The van der Waals surface area contributed by atoms with Crippen molar-refractivity contribution in [3.63, 3.8) is 0 Å². The zero-order valence-electron chi connectivity index (χ0n) is 8.24. The minimum absolute atomic E-state index is 0.0418. The first-order valence-corrected chi connectivity index (χ1v) is 5.26. The quantitative estimate of drug-likeness (QED) is 0.676. The fraction of sp³-hybridized carbons (Fsp3) is 0.182. The summed E-state index contributed by atoms with van der Waals surface area (Å²) in [5.41, 5.74) is 0.795. The van der Waals surface area contributed by atoms with Crippen molar-refractivity contribution in [3.05, 3.63) is 40.1 Å². The number of carbonyl (C=O) groups is 1. The second-order valence-corrected chi connectivity index (χ2v) is 3.71. The lowest BCUT2D eigenvalue weighted by Crippen LogP contribution is -2.04. The van der Waals surface area contributed by atoms with Gasteiger partial charge in [0.25, 0.3) is 0 Å². The lowest BCUT2D eigenvalue weighted by Gasteiger charge is -2.03. The Bertz CT molecular complexity index is 368. The van der Waals surface area contributed by atoms with Crippen LogP contribution in [0.2, 0.25) is 0 Å². The van der Waals surface area contributed by atoms with Gasteiger partial charge in [0.15, 0.2) is 0 Å². The molecule has 80 valence electrons. The average Bonchev–Trinajstić information content (AvgIpc) is 2.20. The summed E-state index contributed by atoms with van der Waals surface area (Å²) >= 11 is 3.30. The maximum atomic E-state index is 10.8. The van der Waals surface area contributed by atoms with Crippen molar-refractivity contribution in [2.24, 2.45) is 0 Å². The van der Waals surface area contributed by atoms with Crippen molar-refractivity contribution in [1.82, 2.24) is 0 Å². The molecule has 0 fully saturated rings. The summed E-state index contributed by atoms with van der Waals surface area (Å²) < 4.78 is 5.94. The van der Waals surface area contributed by atoms with Crippen LogP contribution in [-0.2, 0) is 9.53 Å². The molecule has 0 saturated carbocycles. The molecule has 0 saturated heterocycles. The number of carboxylic acids is 1. The largest absolute Gasteiger partial charge is 0.487 e. The van der Waals surface area contributed by atoms with Crippen LogP contribution in [0.1, 0.15) is 12.5 Å². The molecule has 0 spiro atoms. The highest BCUT2D eigenvalue weighted by molar-refractivity contribution is 9.10. The zero-order valence-corrected chi connectivity index (χ0v) is 9.82. The molecule has 0 unspecified atom stereocenters. The molecule has 0 atom stereocenters. The van der Waals surface area contributed by atoms with Crippen LogP contribution in [0.4, 0.5) is 0 Å². The van der Waals surface area contributed by atoms with Gasteiger partial charge in [0.1, 0.15) is 0 Å². The summed E-state index contributed by atoms with van der Waals surface area (Å²) in [7, 11) is 0. The first-order chi connectivity index (χ1) is 7.13. The molecule has 0 bridgehead atoms. The van der Waals surface area contributed by atoms with E-state index in [2.05, 4.69) is 15.9 Å². The first-order valence-electron chi connectivity index (χ1n) is 4.47. The third-order valence-corrected chi connectivity index (χ3v) is 2.21. The summed E-state index contributed by atoms with van der Waals surface area (Å²) in [5, 5.41) is 8.82. The molecule has 0 heterocycles. The molecule has 1 N–H and O–H groups in total. The van der Waals surface area contributed by atoms with Crippen LogP contribution < -0.4 is 0 Å². The van der Waals surface area contributed by atoms with Crippen molar-refractivity contribution in [2.45, 2.75) is 6.92 Å². The number of benzene rings is 1. The third kappa shape index (κ3) is 3.75. The van der Waals surface area contributed by atoms with E-state index in [4.69, 9.17) is 9.84 Å². The van der Waals surface area contributed by atoms with Crippen molar-refractivity contribution in [3.8, 4) is 0 Å². The van der Waals surface area contributed by atoms with Crippen molar-refractivity contribution in [1.29, 1.82) is 0 Å². The van der Waals surface area contributed by atoms with E-state index < -0.39 is 5.97 Å². The molecule has 0 aliphatic rings. The van der Waals surface area contributed by atoms with Gasteiger partial charge in [-0.15, -0.1) is 0 Å². The smallest absolute Gasteiger partial charge is 0.371 e. The van der Waals surface area contributed by atoms with Gasteiger partial charge < -0.3 is 9.84 Å². The average molecular weight is 271 g/mol. The van der Waals surface area contributed by atoms with Crippen LogP contribution in [-0.4, -0.2) is 17.7 Å². The van der Waals surface area contributed by atoms with Crippen LogP contribution in [0.3, 0.4) is 0 Å². The van der Waals surface area contributed by atoms with Crippen LogP contribution in [0, 0.1) is 0 Å². The second-order valence-electron chi connectivity index (χ2n) is 2.80. The van der Waals surface area contributed by atoms with E-state index in [9.17, 15) is 4.79 Å². The number of halogens is 1. The van der Waals surface area contributed by atoms with E-state index in [1.807, 2.05) is 24.3 Å². The molecule has 0 aliphatic heterocycles. The Morgan fingerprint density at radius 1 is 1.47 bits per heavy atom. The number of carboxylic acid groups (broad SMARTS) is 1. The Morgan fingerprint density at radius 2 is 2.07 bits per heavy atom. The number of aliphatic carboxylic acids is 1. The normalized spacial score (nSPS) is 11.2. The number of hydrogen-bond donors (Lipinski definition) is 1. The van der Waals surface area contributed by atoms with Gasteiger partial charge in [-0.3, -0.25) is 0 Å². The van der Waals surface area contributed by atoms with Gasteiger partial charge in [-0.25, -0.2) is 4.79 Å². The lowest BCUT2D eigenvalue weighted by molar-refractivity contribution is -0.136. The van der Waals surface area contributed by atoms with E-state index in [1.54, 1.807) is 6.92 Å². The molecule has 1 rings (SSSR count). The third-order valence-electron chi connectivity index (χ3n) is 1.68. The number of hydrogen-bond acceptors (Lipinski definition) is 2. The summed E-state index contributed by atoms with van der Waals surface area (Å²) in [6.07, 6.45) is 1.50. The maximum absolute atomic E-state index is 10.8.